The highest BCUT2D eigenvalue weighted by Crippen LogP contribution is 2.46. The van der Waals surface area contributed by atoms with E-state index < -0.39 is 17.6 Å². The smallest absolute Gasteiger partial charge is 0.143 e. The molecule has 0 aliphatic heterocycles. The fourth-order valence-corrected chi connectivity index (χ4v) is 2.35. The summed E-state index contributed by atoms with van der Waals surface area (Å²) >= 11 is 0. The van der Waals surface area contributed by atoms with Crippen molar-refractivity contribution >= 4 is 5.78 Å². The van der Waals surface area contributed by atoms with Crippen molar-refractivity contribution in [2.45, 2.75) is 38.4 Å². The molecule has 3 nitrogen and oxygen atoms in total. The molecule has 1 fully saturated rings. The van der Waals surface area contributed by atoms with Crippen molar-refractivity contribution in [1.82, 2.24) is 0 Å². The Labute approximate surface area is 77.1 Å². The van der Waals surface area contributed by atoms with Crippen LogP contribution in [0.4, 0.5) is 0 Å². The van der Waals surface area contributed by atoms with E-state index in [4.69, 9.17) is 0 Å². The van der Waals surface area contributed by atoms with Crippen LogP contribution in [0.3, 0.4) is 0 Å². The first kappa shape index (κ1) is 8.91. The van der Waals surface area contributed by atoms with Crippen LogP contribution in [-0.4, -0.2) is 28.2 Å². The molecule has 0 aromatic heterocycles. The molecule has 0 bridgehead atoms. The van der Waals surface area contributed by atoms with E-state index in [-0.39, 0.29) is 5.78 Å². The number of rotatable bonds is 0. The van der Waals surface area contributed by atoms with Gasteiger partial charge >= 0.3 is 0 Å². The summed E-state index contributed by atoms with van der Waals surface area (Å²) in [4.78, 5) is 11.5. The van der Waals surface area contributed by atoms with Crippen LogP contribution < -0.4 is 0 Å². The predicted molar refractivity (Wildman–Crippen MR) is 47.1 cm³/mol. The van der Waals surface area contributed by atoms with Crippen molar-refractivity contribution < 1.29 is 15.0 Å². The van der Waals surface area contributed by atoms with Crippen LogP contribution in [0.1, 0.15) is 26.2 Å². The van der Waals surface area contributed by atoms with Crippen LogP contribution in [0.15, 0.2) is 11.6 Å². The lowest BCUT2D eigenvalue weighted by Gasteiger charge is -2.33. The normalized spacial score (nSPS) is 44.5. The zero-order valence-electron chi connectivity index (χ0n) is 7.66. The van der Waals surface area contributed by atoms with Gasteiger partial charge in [0.15, 0.2) is 0 Å². The Hall–Kier alpha value is -0.670. The van der Waals surface area contributed by atoms with Gasteiger partial charge in [0.1, 0.15) is 5.78 Å². The standard InChI is InChI=1S/C10H14O3/c1-10-5-8(12)7(11)4-6(10)2-3-9(10)13/h4,7-8,11-12H,2-3,5H2,1H3/t7?,8?,10-/m0/s1. The molecule has 2 unspecified atom stereocenters. The predicted octanol–water partition coefficient (Wildman–Crippen LogP) is 0.408. The van der Waals surface area contributed by atoms with Gasteiger partial charge in [-0.1, -0.05) is 11.6 Å². The third-order valence-electron chi connectivity index (χ3n) is 3.33. The molecule has 0 radical (unpaired) electrons. The number of allylic oxidation sites excluding steroid dienone is 1. The highest BCUT2D eigenvalue weighted by atomic mass is 16.3. The summed E-state index contributed by atoms with van der Waals surface area (Å²) in [5.41, 5.74) is 0.522. The second-order valence-electron chi connectivity index (χ2n) is 4.21. The molecule has 72 valence electrons. The molecule has 0 heterocycles. The van der Waals surface area contributed by atoms with E-state index in [1.165, 1.54) is 0 Å². The molecule has 13 heavy (non-hydrogen) atoms. The van der Waals surface area contributed by atoms with Crippen molar-refractivity contribution in [3.05, 3.63) is 11.6 Å². The van der Waals surface area contributed by atoms with Crippen molar-refractivity contribution in [2.24, 2.45) is 5.41 Å². The minimum atomic E-state index is -0.783. The number of carbonyl (C=O) groups is 1. The van der Waals surface area contributed by atoms with Crippen LogP contribution in [0.5, 0.6) is 0 Å². The first-order valence-electron chi connectivity index (χ1n) is 4.64. The van der Waals surface area contributed by atoms with Crippen molar-refractivity contribution in [3.8, 4) is 0 Å². The molecule has 0 spiro atoms. The van der Waals surface area contributed by atoms with E-state index in [1.54, 1.807) is 6.08 Å². The van der Waals surface area contributed by atoms with E-state index in [2.05, 4.69) is 0 Å². The zero-order chi connectivity index (χ0) is 9.64. The van der Waals surface area contributed by atoms with Gasteiger partial charge in [0.2, 0.25) is 0 Å². The number of ketones is 1. The van der Waals surface area contributed by atoms with Crippen molar-refractivity contribution in [1.29, 1.82) is 0 Å². The molecular weight excluding hydrogens is 168 g/mol. The fraction of sp³-hybridized carbons (Fsp3) is 0.700. The Balaban J connectivity index is 2.39. The van der Waals surface area contributed by atoms with E-state index in [9.17, 15) is 15.0 Å². The van der Waals surface area contributed by atoms with Crippen molar-refractivity contribution in [3.63, 3.8) is 0 Å². The molecule has 0 aromatic carbocycles. The summed E-state index contributed by atoms with van der Waals surface area (Å²) < 4.78 is 0. The number of carbonyl (C=O) groups excluding carboxylic acids is 1. The zero-order valence-corrected chi connectivity index (χ0v) is 7.66. The van der Waals surface area contributed by atoms with Crippen LogP contribution in [0, 0.1) is 5.41 Å². The number of fused-ring (bicyclic) bond motifs is 1. The fourth-order valence-electron chi connectivity index (χ4n) is 2.35. The van der Waals surface area contributed by atoms with Gasteiger partial charge in [-0.05, 0) is 19.8 Å². The van der Waals surface area contributed by atoms with Gasteiger partial charge in [-0.15, -0.1) is 0 Å². The van der Waals surface area contributed by atoms with E-state index in [0.717, 1.165) is 12.0 Å². The Morgan fingerprint density at radius 1 is 1.46 bits per heavy atom. The quantitative estimate of drug-likeness (QED) is 0.533. The van der Waals surface area contributed by atoms with E-state index in [0.29, 0.717) is 12.8 Å². The second kappa shape index (κ2) is 2.66. The number of hydrogen-bond acceptors (Lipinski definition) is 3. The highest BCUT2D eigenvalue weighted by Gasteiger charge is 2.46. The Morgan fingerprint density at radius 3 is 2.85 bits per heavy atom. The number of aliphatic hydroxyl groups excluding tert-OH is 2. The summed E-state index contributed by atoms with van der Waals surface area (Å²) in [6.07, 6.45) is 1.77. The van der Waals surface area contributed by atoms with Gasteiger partial charge in [0.05, 0.1) is 12.2 Å². The Morgan fingerprint density at radius 2 is 2.15 bits per heavy atom. The maximum Gasteiger partial charge on any atom is 0.143 e. The number of hydrogen-bond donors (Lipinski definition) is 2. The summed E-state index contributed by atoms with van der Waals surface area (Å²) in [5, 5.41) is 18.8. The minimum Gasteiger partial charge on any atom is -0.390 e. The lowest BCUT2D eigenvalue weighted by molar-refractivity contribution is -0.126. The van der Waals surface area contributed by atoms with E-state index >= 15 is 0 Å². The topological polar surface area (TPSA) is 57.5 Å². The van der Waals surface area contributed by atoms with Gasteiger partial charge < -0.3 is 10.2 Å². The first-order valence-corrected chi connectivity index (χ1v) is 4.64. The highest BCUT2D eigenvalue weighted by molar-refractivity contribution is 5.91. The van der Waals surface area contributed by atoms with Gasteiger partial charge in [-0.25, -0.2) is 0 Å². The summed E-state index contributed by atoms with van der Waals surface area (Å²) in [5.74, 6) is 0.199. The molecule has 2 aliphatic carbocycles. The molecule has 3 heteroatoms. The average Bonchev–Trinajstić information content (AvgIpc) is 2.32. The Bertz CT molecular complexity index is 282. The van der Waals surface area contributed by atoms with Crippen LogP contribution in [0.2, 0.25) is 0 Å². The van der Waals surface area contributed by atoms with E-state index in [1.807, 2.05) is 6.92 Å². The van der Waals surface area contributed by atoms with Gasteiger partial charge in [-0.2, -0.15) is 0 Å². The molecule has 0 amide bonds. The third-order valence-corrected chi connectivity index (χ3v) is 3.33. The Kier molecular flexibility index (Phi) is 1.82. The van der Waals surface area contributed by atoms with Crippen LogP contribution in [-0.2, 0) is 4.79 Å². The molecule has 1 saturated carbocycles. The summed E-state index contributed by atoms with van der Waals surface area (Å²) in [6, 6.07) is 0. The molecule has 2 N–H and O–H groups in total. The van der Waals surface area contributed by atoms with Gasteiger partial charge in [0, 0.05) is 11.8 Å². The molecule has 3 atom stereocenters. The number of Topliss-reactive ketones (excluding diaryl/α,β-unsaturated/α-hetero) is 1. The minimum absolute atomic E-state index is 0.199. The SMILES string of the molecule is C[C@]12CC(O)C(O)C=C1CCC2=O. The molecular formula is C10H14O3. The second-order valence-corrected chi connectivity index (χ2v) is 4.21. The average molecular weight is 182 g/mol. The van der Waals surface area contributed by atoms with Crippen LogP contribution >= 0.6 is 0 Å². The summed E-state index contributed by atoms with van der Waals surface area (Å²) in [7, 11) is 0. The maximum absolute atomic E-state index is 11.5. The van der Waals surface area contributed by atoms with Crippen LogP contribution in [0.25, 0.3) is 0 Å². The monoisotopic (exact) mass is 182 g/mol. The lowest BCUT2D eigenvalue weighted by atomic mass is 9.73. The number of aliphatic hydroxyl groups is 2. The van der Waals surface area contributed by atoms with Gasteiger partial charge in [0.25, 0.3) is 0 Å². The first-order chi connectivity index (χ1) is 6.04. The molecule has 2 aliphatic rings. The largest absolute Gasteiger partial charge is 0.390 e. The molecule has 2 rings (SSSR count). The van der Waals surface area contributed by atoms with Gasteiger partial charge in [-0.3, -0.25) is 4.79 Å². The van der Waals surface area contributed by atoms with Crippen molar-refractivity contribution in [2.75, 3.05) is 0 Å². The lowest BCUT2D eigenvalue weighted by Crippen LogP contribution is -2.39. The molecule has 0 saturated heterocycles. The third kappa shape index (κ3) is 1.15. The molecule has 0 aromatic rings. The maximum atomic E-state index is 11.5. The summed E-state index contributed by atoms with van der Waals surface area (Å²) in [6.45, 7) is 1.86.